The molecule has 110 valence electrons. The summed E-state index contributed by atoms with van der Waals surface area (Å²) in [5, 5.41) is 9.18. The van der Waals surface area contributed by atoms with Crippen molar-refractivity contribution >= 4 is 11.7 Å². The molecule has 0 spiro atoms. The molecule has 0 aromatic heterocycles. The Labute approximate surface area is 122 Å². The zero-order valence-electron chi connectivity index (χ0n) is 11.7. The normalized spacial score (nSPS) is 10.1. The molecule has 2 rings (SSSR count). The Kier molecular flexibility index (Phi) is 4.66. The quantitative estimate of drug-likeness (QED) is 0.652. The third-order valence-corrected chi connectivity index (χ3v) is 2.85. The number of anilines is 1. The molecule has 0 heterocycles. The van der Waals surface area contributed by atoms with Gasteiger partial charge in [0.05, 0.1) is 17.9 Å². The van der Waals surface area contributed by atoms with Gasteiger partial charge in [0.25, 0.3) is 0 Å². The highest BCUT2D eigenvalue weighted by Crippen LogP contribution is 2.23. The van der Waals surface area contributed by atoms with Crippen molar-refractivity contribution in [1.82, 2.24) is 0 Å². The lowest BCUT2D eigenvalue weighted by molar-refractivity contribution is 0.0473. The van der Waals surface area contributed by atoms with Gasteiger partial charge in [0, 0.05) is 0 Å². The van der Waals surface area contributed by atoms with Crippen LogP contribution in [0.5, 0.6) is 11.5 Å². The van der Waals surface area contributed by atoms with Crippen LogP contribution < -0.4 is 10.5 Å². The topological polar surface area (TPSA) is 81.8 Å². The Morgan fingerprint density at radius 2 is 1.90 bits per heavy atom. The van der Waals surface area contributed by atoms with E-state index in [9.17, 15) is 9.90 Å². The Balaban J connectivity index is 2.00. The fourth-order valence-corrected chi connectivity index (χ4v) is 1.79. The van der Waals surface area contributed by atoms with Crippen LogP contribution in [-0.4, -0.2) is 17.7 Å². The summed E-state index contributed by atoms with van der Waals surface area (Å²) < 4.78 is 10.5. The number of nitrogen functional groups attached to an aromatic ring is 1. The molecule has 2 aromatic rings. The summed E-state index contributed by atoms with van der Waals surface area (Å²) in [6, 6.07) is 11.3. The molecule has 0 bridgehead atoms. The van der Waals surface area contributed by atoms with E-state index in [-0.39, 0.29) is 12.4 Å². The molecule has 3 N–H and O–H groups in total. The number of ether oxygens (including phenoxy) is 2. The standard InChI is InChI=1S/C16H17NO4/c1-2-20-15-8-5-12(9-14(15)17)16(19)21-10-11-3-6-13(18)7-4-11/h3-9,18H,2,10,17H2,1H3. The maximum absolute atomic E-state index is 11.9. The number of phenols is 1. The molecule has 0 fully saturated rings. The fraction of sp³-hybridized carbons (Fsp3) is 0.188. The minimum Gasteiger partial charge on any atom is -0.508 e. The number of esters is 1. The first-order valence-electron chi connectivity index (χ1n) is 6.57. The molecule has 5 heteroatoms. The Bertz CT molecular complexity index is 623. The van der Waals surface area contributed by atoms with Gasteiger partial charge >= 0.3 is 5.97 Å². The summed E-state index contributed by atoms with van der Waals surface area (Å²) in [5.41, 5.74) is 7.37. The monoisotopic (exact) mass is 287 g/mol. The number of hydrogen-bond donors (Lipinski definition) is 2. The zero-order chi connectivity index (χ0) is 15.2. The van der Waals surface area contributed by atoms with Gasteiger partial charge in [0.2, 0.25) is 0 Å². The second-order valence-electron chi connectivity index (χ2n) is 4.43. The van der Waals surface area contributed by atoms with Gasteiger partial charge in [0.1, 0.15) is 18.1 Å². The maximum Gasteiger partial charge on any atom is 0.338 e. The van der Waals surface area contributed by atoms with Crippen LogP contribution in [0.15, 0.2) is 42.5 Å². The first-order valence-corrected chi connectivity index (χ1v) is 6.57. The van der Waals surface area contributed by atoms with Crippen molar-refractivity contribution in [2.24, 2.45) is 0 Å². The van der Waals surface area contributed by atoms with E-state index in [1.165, 1.54) is 18.2 Å². The summed E-state index contributed by atoms with van der Waals surface area (Å²) >= 11 is 0. The average Bonchev–Trinajstić information content (AvgIpc) is 2.48. The molecule has 0 aliphatic heterocycles. The van der Waals surface area contributed by atoms with Crippen LogP contribution >= 0.6 is 0 Å². The lowest BCUT2D eigenvalue weighted by atomic mass is 10.2. The van der Waals surface area contributed by atoms with Gasteiger partial charge in [-0.05, 0) is 42.8 Å². The molecule has 0 amide bonds. The minimum absolute atomic E-state index is 0.131. The molecular formula is C16H17NO4. The highest BCUT2D eigenvalue weighted by atomic mass is 16.5. The van der Waals surface area contributed by atoms with Crippen LogP contribution in [-0.2, 0) is 11.3 Å². The van der Waals surface area contributed by atoms with Crippen molar-refractivity contribution in [2.75, 3.05) is 12.3 Å². The molecule has 0 unspecified atom stereocenters. The zero-order valence-corrected chi connectivity index (χ0v) is 11.7. The maximum atomic E-state index is 11.9. The van der Waals surface area contributed by atoms with Gasteiger partial charge in [0.15, 0.2) is 0 Å². The first-order chi connectivity index (χ1) is 10.1. The third kappa shape index (κ3) is 3.89. The predicted octanol–water partition coefficient (Wildman–Crippen LogP) is 2.73. The third-order valence-electron chi connectivity index (χ3n) is 2.85. The van der Waals surface area contributed by atoms with Crippen LogP contribution in [0, 0.1) is 0 Å². The summed E-state index contributed by atoms with van der Waals surface area (Å²) in [6.45, 7) is 2.50. The first kappa shape index (κ1) is 14.7. The molecule has 5 nitrogen and oxygen atoms in total. The van der Waals surface area contributed by atoms with Crippen LogP contribution in [0.3, 0.4) is 0 Å². The second kappa shape index (κ2) is 6.65. The molecule has 2 aromatic carbocycles. The molecule has 0 aliphatic rings. The van der Waals surface area contributed by atoms with Gasteiger partial charge in [-0.2, -0.15) is 0 Å². The minimum atomic E-state index is -0.460. The van der Waals surface area contributed by atoms with Gasteiger partial charge < -0.3 is 20.3 Å². The predicted molar refractivity (Wildman–Crippen MR) is 79.2 cm³/mol. The van der Waals surface area contributed by atoms with Crippen LogP contribution in [0.2, 0.25) is 0 Å². The van der Waals surface area contributed by atoms with Crippen LogP contribution in [0.4, 0.5) is 5.69 Å². The van der Waals surface area contributed by atoms with Crippen molar-refractivity contribution in [3.05, 3.63) is 53.6 Å². The van der Waals surface area contributed by atoms with E-state index in [2.05, 4.69) is 0 Å². The van der Waals surface area contributed by atoms with Crippen molar-refractivity contribution in [3.8, 4) is 11.5 Å². The highest BCUT2D eigenvalue weighted by Gasteiger charge is 2.10. The van der Waals surface area contributed by atoms with E-state index in [1.807, 2.05) is 6.92 Å². The number of aromatic hydroxyl groups is 1. The van der Waals surface area contributed by atoms with Crippen molar-refractivity contribution in [2.45, 2.75) is 13.5 Å². The molecular weight excluding hydrogens is 270 g/mol. The van der Waals surface area contributed by atoms with Crippen LogP contribution in [0.1, 0.15) is 22.8 Å². The number of benzene rings is 2. The van der Waals surface area contributed by atoms with E-state index in [0.717, 1.165) is 5.56 Å². The average molecular weight is 287 g/mol. The Morgan fingerprint density at radius 3 is 2.52 bits per heavy atom. The fourth-order valence-electron chi connectivity index (χ4n) is 1.79. The molecule has 0 aliphatic carbocycles. The van der Waals surface area contributed by atoms with Gasteiger partial charge in [-0.1, -0.05) is 12.1 Å². The van der Waals surface area contributed by atoms with E-state index < -0.39 is 5.97 Å². The SMILES string of the molecule is CCOc1ccc(C(=O)OCc2ccc(O)cc2)cc1N. The number of carbonyl (C=O) groups excluding carboxylic acids is 1. The van der Waals surface area contributed by atoms with Crippen molar-refractivity contribution < 1.29 is 19.4 Å². The van der Waals surface area contributed by atoms with Gasteiger partial charge in [-0.15, -0.1) is 0 Å². The number of hydrogen-bond acceptors (Lipinski definition) is 5. The number of rotatable bonds is 5. The lowest BCUT2D eigenvalue weighted by Crippen LogP contribution is -2.06. The van der Waals surface area contributed by atoms with Gasteiger partial charge in [-0.3, -0.25) is 0 Å². The molecule has 0 atom stereocenters. The van der Waals surface area contributed by atoms with Gasteiger partial charge in [-0.25, -0.2) is 4.79 Å². The highest BCUT2D eigenvalue weighted by molar-refractivity contribution is 5.91. The summed E-state index contributed by atoms with van der Waals surface area (Å²) in [4.78, 5) is 11.9. The van der Waals surface area contributed by atoms with Crippen molar-refractivity contribution in [1.29, 1.82) is 0 Å². The van der Waals surface area contributed by atoms with Crippen LogP contribution in [0.25, 0.3) is 0 Å². The number of carbonyl (C=O) groups is 1. The second-order valence-corrected chi connectivity index (χ2v) is 4.43. The molecule has 0 saturated carbocycles. The van der Waals surface area contributed by atoms with E-state index in [0.29, 0.717) is 23.6 Å². The Hall–Kier alpha value is -2.69. The summed E-state index contributed by atoms with van der Waals surface area (Å²) in [5.74, 6) is 0.259. The van der Waals surface area contributed by atoms with E-state index >= 15 is 0 Å². The number of nitrogens with two attached hydrogens (primary N) is 1. The molecule has 21 heavy (non-hydrogen) atoms. The number of phenolic OH excluding ortho intramolecular Hbond substituents is 1. The smallest absolute Gasteiger partial charge is 0.338 e. The van der Waals surface area contributed by atoms with E-state index in [4.69, 9.17) is 15.2 Å². The summed E-state index contributed by atoms with van der Waals surface area (Å²) in [7, 11) is 0. The van der Waals surface area contributed by atoms with Crippen molar-refractivity contribution in [3.63, 3.8) is 0 Å². The Morgan fingerprint density at radius 1 is 1.19 bits per heavy atom. The lowest BCUT2D eigenvalue weighted by Gasteiger charge is -2.09. The summed E-state index contributed by atoms with van der Waals surface area (Å²) in [6.07, 6.45) is 0. The molecule has 0 radical (unpaired) electrons. The largest absolute Gasteiger partial charge is 0.508 e. The van der Waals surface area contributed by atoms with E-state index in [1.54, 1.807) is 24.3 Å². The molecule has 0 saturated heterocycles.